The molecule has 0 aliphatic heterocycles. The number of hydrogen-bond donors (Lipinski definition) is 2. The molecule has 92 valence electrons. The molecular weight excluding hydrogens is 204 g/mol. The molecule has 0 bridgehead atoms. The van der Waals surface area contributed by atoms with Crippen molar-refractivity contribution in [3.63, 3.8) is 0 Å². The zero-order chi connectivity index (χ0) is 12.0. The number of nitrogens with zero attached hydrogens (tertiary/aromatic N) is 2. The monoisotopic (exact) mass is 226 g/mol. The number of ether oxygens (including phenoxy) is 1. The van der Waals surface area contributed by atoms with Gasteiger partial charge in [0.05, 0.1) is 12.1 Å². The molecule has 0 saturated carbocycles. The number of nitrogens with two attached hydrogens (primary N) is 1. The van der Waals surface area contributed by atoms with E-state index in [1.54, 1.807) is 13.3 Å². The van der Waals surface area contributed by atoms with Crippen LogP contribution in [0.2, 0.25) is 0 Å². The normalized spacial score (nSPS) is 15.0. The lowest BCUT2D eigenvalue weighted by molar-refractivity contribution is 0.0601. The third-order valence-electron chi connectivity index (χ3n) is 2.86. The molecule has 0 fully saturated rings. The maximum atomic E-state index is 5.58. The minimum Gasteiger partial charge on any atom is -0.380 e. The second kappa shape index (κ2) is 6.62. The molecule has 2 unspecified atom stereocenters. The molecule has 0 saturated heterocycles. The summed E-state index contributed by atoms with van der Waals surface area (Å²) in [6, 6.07) is 0.103. The van der Waals surface area contributed by atoms with E-state index >= 15 is 0 Å². The first-order valence-electron chi connectivity index (χ1n) is 5.68. The predicted molar refractivity (Wildman–Crippen MR) is 63.7 cm³/mol. The van der Waals surface area contributed by atoms with Crippen LogP contribution in [-0.2, 0) is 18.2 Å². The first kappa shape index (κ1) is 13.2. The third kappa shape index (κ3) is 3.30. The molecule has 5 heteroatoms. The second-order valence-corrected chi connectivity index (χ2v) is 3.99. The molecule has 0 spiro atoms. The van der Waals surface area contributed by atoms with Gasteiger partial charge in [-0.25, -0.2) is 4.98 Å². The van der Waals surface area contributed by atoms with Crippen LogP contribution in [0.15, 0.2) is 12.4 Å². The highest BCUT2D eigenvalue weighted by Crippen LogP contribution is 2.10. The molecule has 0 aliphatic carbocycles. The number of rotatable bonds is 7. The number of methoxy groups -OCH3 is 1. The van der Waals surface area contributed by atoms with Crippen molar-refractivity contribution in [2.24, 2.45) is 12.9 Å². The molecule has 1 heterocycles. The van der Waals surface area contributed by atoms with Crippen molar-refractivity contribution in [3.05, 3.63) is 18.2 Å². The van der Waals surface area contributed by atoms with Crippen LogP contribution >= 0.6 is 0 Å². The van der Waals surface area contributed by atoms with Gasteiger partial charge in [-0.3, -0.25) is 11.3 Å². The van der Waals surface area contributed by atoms with E-state index < -0.39 is 0 Å². The van der Waals surface area contributed by atoms with Gasteiger partial charge < -0.3 is 9.30 Å². The van der Waals surface area contributed by atoms with Crippen molar-refractivity contribution in [3.8, 4) is 0 Å². The van der Waals surface area contributed by atoms with Crippen LogP contribution in [0.3, 0.4) is 0 Å². The smallest absolute Gasteiger partial charge is 0.110 e. The molecule has 1 rings (SSSR count). The van der Waals surface area contributed by atoms with Gasteiger partial charge in [0.15, 0.2) is 0 Å². The number of hydrazine groups is 1. The predicted octanol–water partition coefficient (Wildman–Crippen LogP) is 0.610. The summed E-state index contributed by atoms with van der Waals surface area (Å²) in [6.45, 7) is 2.14. The van der Waals surface area contributed by atoms with E-state index in [9.17, 15) is 0 Å². The standard InChI is InChI=1S/C11H22N4O/c1-4-5-10(16-3)9(14-12)8-11-13-6-7-15(11)2/h6-7,9-10,14H,4-5,8,12H2,1-3H3. The van der Waals surface area contributed by atoms with Crippen LogP contribution in [0.1, 0.15) is 25.6 Å². The average Bonchev–Trinajstić information content (AvgIpc) is 2.69. The van der Waals surface area contributed by atoms with Crippen LogP contribution in [-0.4, -0.2) is 28.8 Å². The van der Waals surface area contributed by atoms with Crippen LogP contribution < -0.4 is 11.3 Å². The fourth-order valence-electron chi connectivity index (χ4n) is 1.86. The summed E-state index contributed by atoms with van der Waals surface area (Å²) in [4.78, 5) is 4.29. The van der Waals surface area contributed by atoms with E-state index in [4.69, 9.17) is 10.6 Å². The van der Waals surface area contributed by atoms with Gasteiger partial charge in [-0.2, -0.15) is 0 Å². The number of aromatic nitrogens is 2. The molecule has 1 aromatic rings. The summed E-state index contributed by atoms with van der Waals surface area (Å²) in [5, 5.41) is 0. The lowest BCUT2D eigenvalue weighted by atomic mass is 10.0. The Morgan fingerprint density at radius 2 is 2.38 bits per heavy atom. The zero-order valence-corrected chi connectivity index (χ0v) is 10.3. The largest absolute Gasteiger partial charge is 0.380 e. The number of nitrogens with one attached hydrogen (secondary N) is 1. The van der Waals surface area contributed by atoms with Gasteiger partial charge in [0.2, 0.25) is 0 Å². The Balaban J connectivity index is 2.63. The highest BCUT2D eigenvalue weighted by molar-refractivity contribution is 4.96. The van der Waals surface area contributed by atoms with Crippen molar-refractivity contribution in [1.29, 1.82) is 0 Å². The van der Waals surface area contributed by atoms with Gasteiger partial charge in [-0.05, 0) is 6.42 Å². The number of imidazole rings is 1. The molecule has 0 aromatic carbocycles. The maximum absolute atomic E-state index is 5.58. The van der Waals surface area contributed by atoms with E-state index in [0.29, 0.717) is 0 Å². The maximum Gasteiger partial charge on any atom is 0.110 e. The van der Waals surface area contributed by atoms with E-state index in [0.717, 1.165) is 25.1 Å². The highest BCUT2D eigenvalue weighted by Gasteiger charge is 2.21. The van der Waals surface area contributed by atoms with E-state index in [2.05, 4.69) is 17.3 Å². The van der Waals surface area contributed by atoms with E-state index in [1.807, 2.05) is 17.8 Å². The molecule has 0 amide bonds. The second-order valence-electron chi connectivity index (χ2n) is 3.99. The fraction of sp³-hybridized carbons (Fsp3) is 0.727. The Kier molecular flexibility index (Phi) is 5.45. The molecule has 2 atom stereocenters. The Labute approximate surface area is 97.0 Å². The first-order valence-corrected chi connectivity index (χ1v) is 5.68. The molecule has 0 radical (unpaired) electrons. The van der Waals surface area contributed by atoms with Crippen molar-refractivity contribution in [2.45, 2.75) is 38.3 Å². The topological polar surface area (TPSA) is 65.1 Å². The van der Waals surface area contributed by atoms with Gasteiger partial charge in [-0.15, -0.1) is 0 Å². The Morgan fingerprint density at radius 3 is 2.81 bits per heavy atom. The van der Waals surface area contributed by atoms with Gasteiger partial charge in [-0.1, -0.05) is 13.3 Å². The summed E-state index contributed by atoms with van der Waals surface area (Å²) in [6.07, 6.45) is 6.72. The lowest BCUT2D eigenvalue weighted by Gasteiger charge is -2.24. The SMILES string of the molecule is CCCC(OC)C(Cc1nccn1C)NN. The Bertz CT molecular complexity index is 300. The third-order valence-corrected chi connectivity index (χ3v) is 2.86. The van der Waals surface area contributed by atoms with E-state index in [-0.39, 0.29) is 12.1 Å². The Hall–Kier alpha value is -0.910. The van der Waals surface area contributed by atoms with Gasteiger partial charge in [0, 0.05) is 33.0 Å². The summed E-state index contributed by atoms with van der Waals surface area (Å²) >= 11 is 0. The van der Waals surface area contributed by atoms with Gasteiger partial charge in [0.1, 0.15) is 5.82 Å². The lowest BCUT2D eigenvalue weighted by Crippen LogP contribution is -2.46. The molecular formula is C11H22N4O. The average molecular weight is 226 g/mol. The van der Waals surface area contributed by atoms with Gasteiger partial charge >= 0.3 is 0 Å². The van der Waals surface area contributed by atoms with Crippen LogP contribution in [0.5, 0.6) is 0 Å². The van der Waals surface area contributed by atoms with Crippen molar-refractivity contribution < 1.29 is 4.74 Å². The summed E-state index contributed by atoms with van der Waals surface area (Å²) in [5.41, 5.74) is 2.83. The summed E-state index contributed by atoms with van der Waals surface area (Å²) in [7, 11) is 3.71. The first-order chi connectivity index (χ1) is 7.72. The minimum atomic E-state index is 0.103. The zero-order valence-electron chi connectivity index (χ0n) is 10.3. The summed E-state index contributed by atoms with van der Waals surface area (Å²) < 4.78 is 7.46. The summed E-state index contributed by atoms with van der Waals surface area (Å²) in [5.74, 6) is 6.59. The molecule has 16 heavy (non-hydrogen) atoms. The number of hydrogen-bond acceptors (Lipinski definition) is 4. The van der Waals surface area contributed by atoms with Crippen molar-refractivity contribution >= 4 is 0 Å². The van der Waals surface area contributed by atoms with Crippen molar-refractivity contribution in [2.75, 3.05) is 7.11 Å². The minimum absolute atomic E-state index is 0.103. The number of aryl methyl sites for hydroxylation is 1. The quantitative estimate of drug-likeness (QED) is 0.528. The molecule has 1 aromatic heterocycles. The van der Waals surface area contributed by atoms with Crippen LogP contribution in [0.25, 0.3) is 0 Å². The van der Waals surface area contributed by atoms with Crippen molar-refractivity contribution in [1.82, 2.24) is 15.0 Å². The molecule has 5 nitrogen and oxygen atoms in total. The van der Waals surface area contributed by atoms with Crippen LogP contribution in [0.4, 0.5) is 0 Å². The molecule has 3 N–H and O–H groups in total. The fourth-order valence-corrected chi connectivity index (χ4v) is 1.86. The van der Waals surface area contributed by atoms with Gasteiger partial charge in [0.25, 0.3) is 0 Å². The molecule has 0 aliphatic rings. The van der Waals surface area contributed by atoms with Crippen LogP contribution in [0, 0.1) is 0 Å². The Morgan fingerprint density at radius 1 is 1.62 bits per heavy atom. The van der Waals surface area contributed by atoms with E-state index in [1.165, 1.54) is 0 Å². The highest BCUT2D eigenvalue weighted by atomic mass is 16.5.